The zero-order valence-electron chi connectivity index (χ0n) is 7.27. The highest BCUT2D eigenvalue weighted by Gasteiger charge is 2.06. The molecule has 1 aromatic rings. The molecule has 0 amide bonds. The van der Waals surface area contributed by atoms with E-state index < -0.39 is 0 Å². The van der Waals surface area contributed by atoms with E-state index in [0.717, 1.165) is 5.69 Å². The van der Waals surface area contributed by atoms with Gasteiger partial charge in [0, 0.05) is 18.0 Å². The molecule has 4 heteroatoms. The van der Waals surface area contributed by atoms with Crippen LogP contribution in [-0.4, -0.2) is 18.3 Å². The fourth-order valence-corrected chi connectivity index (χ4v) is 1.30. The van der Waals surface area contributed by atoms with E-state index in [4.69, 9.17) is 11.1 Å². The molecule has 13 heavy (non-hydrogen) atoms. The first kappa shape index (κ1) is 9.92. The van der Waals surface area contributed by atoms with Gasteiger partial charge in [0.2, 0.25) is 0 Å². The fraction of sp³-hybridized carbons (Fsp3) is 0.222. The van der Waals surface area contributed by atoms with E-state index >= 15 is 0 Å². The Bertz CT molecular complexity index is 273. The summed E-state index contributed by atoms with van der Waals surface area (Å²) >= 11 is 4.11. The monoisotopic (exact) mass is 195 g/mol. The van der Waals surface area contributed by atoms with Crippen molar-refractivity contribution in [1.29, 1.82) is 5.41 Å². The van der Waals surface area contributed by atoms with Crippen LogP contribution in [0.4, 0.5) is 5.69 Å². The number of nitrogens with zero attached hydrogens (tertiary/aromatic N) is 1. The molecule has 0 radical (unpaired) electrons. The lowest BCUT2D eigenvalue weighted by Gasteiger charge is -2.21. The zero-order chi connectivity index (χ0) is 9.68. The predicted octanol–water partition coefficient (Wildman–Crippen LogP) is 1.32. The maximum atomic E-state index is 7.36. The number of nitrogens with one attached hydrogen (secondary N) is 1. The summed E-state index contributed by atoms with van der Waals surface area (Å²) in [5.41, 5.74) is 6.36. The third-order valence-electron chi connectivity index (χ3n) is 1.68. The summed E-state index contributed by atoms with van der Waals surface area (Å²) in [4.78, 5) is 1.72. The highest BCUT2D eigenvalue weighted by atomic mass is 32.1. The normalized spacial score (nSPS) is 9.62. The molecule has 1 aromatic carbocycles. The van der Waals surface area contributed by atoms with E-state index in [1.54, 1.807) is 4.90 Å². The van der Waals surface area contributed by atoms with Crippen molar-refractivity contribution in [2.24, 2.45) is 5.73 Å². The van der Waals surface area contributed by atoms with E-state index in [-0.39, 0.29) is 5.96 Å². The summed E-state index contributed by atoms with van der Waals surface area (Å²) in [7, 11) is 0. The van der Waals surface area contributed by atoms with Gasteiger partial charge in [-0.1, -0.05) is 18.2 Å². The lowest BCUT2D eigenvalue weighted by Crippen LogP contribution is -2.37. The fourth-order valence-electron chi connectivity index (χ4n) is 1.10. The molecule has 3 N–H and O–H groups in total. The van der Waals surface area contributed by atoms with Crippen molar-refractivity contribution in [1.82, 2.24) is 0 Å². The van der Waals surface area contributed by atoms with Gasteiger partial charge in [-0.05, 0) is 12.1 Å². The van der Waals surface area contributed by atoms with Gasteiger partial charge in [0.1, 0.15) is 0 Å². The first-order chi connectivity index (χ1) is 6.25. The lowest BCUT2D eigenvalue weighted by molar-refractivity contribution is 1.04. The van der Waals surface area contributed by atoms with Gasteiger partial charge >= 0.3 is 0 Å². The summed E-state index contributed by atoms with van der Waals surface area (Å²) in [5, 5.41) is 7.36. The highest BCUT2D eigenvalue weighted by molar-refractivity contribution is 7.80. The minimum absolute atomic E-state index is 0.0558. The Hall–Kier alpha value is -1.16. The smallest absolute Gasteiger partial charge is 0.192 e. The Morgan fingerprint density at radius 3 is 2.46 bits per heavy atom. The second-order valence-corrected chi connectivity index (χ2v) is 3.04. The number of para-hydroxylation sites is 1. The van der Waals surface area contributed by atoms with Crippen LogP contribution in [0.2, 0.25) is 0 Å². The standard InChI is InChI=1S/C9H13N3S/c10-9(11)12(6-7-13)8-4-2-1-3-5-8/h1-5,13H,6-7H2,(H3,10,11). The lowest BCUT2D eigenvalue weighted by atomic mass is 10.3. The van der Waals surface area contributed by atoms with Crippen LogP contribution < -0.4 is 10.6 Å². The number of hydrogen-bond donors (Lipinski definition) is 3. The van der Waals surface area contributed by atoms with Crippen LogP contribution in [0.5, 0.6) is 0 Å². The molecular weight excluding hydrogens is 182 g/mol. The van der Waals surface area contributed by atoms with Gasteiger partial charge in [-0.2, -0.15) is 12.6 Å². The molecule has 0 heterocycles. The Morgan fingerprint density at radius 1 is 1.38 bits per heavy atom. The van der Waals surface area contributed by atoms with Crippen LogP contribution in [0.15, 0.2) is 30.3 Å². The molecule has 0 aliphatic carbocycles. The molecule has 0 aromatic heterocycles. The number of thiol groups is 1. The molecule has 1 rings (SSSR count). The second-order valence-electron chi connectivity index (χ2n) is 2.60. The van der Waals surface area contributed by atoms with Crippen LogP contribution in [0.3, 0.4) is 0 Å². The summed E-state index contributed by atoms with van der Waals surface area (Å²) in [6.45, 7) is 0.655. The minimum Gasteiger partial charge on any atom is -0.370 e. The van der Waals surface area contributed by atoms with Crippen molar-refractivity contribution in [3.05, 3.63) is 30.3 Å². The molecule has 0 saturated carbocycles. The molecule has 0 unspecified atom stereocenters. The van der Waals surface area contributed by atoms with Crippen LogP contribution >= 0.6 is 12.6 Å². The molecular formula is C9H13N3S. The van der Waals surface area contributed by atoms with E-state index in [0.29, 0.717) is 12.3 Å². The van der Waals surface area contributed by atoms with Crippen molar-refractivity contribution in [3.63, 3.8) is 0 Å². The first-order valence-electron chi connectivity index (χ1n) is 4.03. The van der Waals surface area contributed by atoms with Gasteiger partial charge < -0.3 is 10.6 Å². The van der Waals surface area contributed by atoms with Crippen LogP contribution in [-0.2, 0) is 0 Å². The third kappa shape index (κ3) is 2.66. The number of rotatable bonds is 3. The van der Waals surface area contributed by atoms with E-state index in [2.05, 4.69) is 12.6 Å². The van der Waals surface area contributed by atoms with Crippen LogP contribution in [0.25, 0.3) is 0 Å². The van der Waals surface area contributed by atoms with Crippen molar-refractivity contribution in [3.8, 4) is 0 Å². The van der Waals surface area contributed by atoms with Gasteiger partial charge in [0.25, 0.3) is 0 Å². The molecule has 70 valence electrons. The maximum absolute atomic E-state index is 7.36. The van der Waals surface area contributed by atoms with E-state index in [1.165, 1.54) is 0 Å². The summed E-state index contributed by atoms with van der Waals surface area (Å²) < 4.78 is 0. The average molecular weight is 195 g/mol. The third-order valence-corrected chi connectivity index (χ3v) is 1.88. The van der Waals surface area contributed by atoms with Crippen molar-refractivity contribution in [2.75, 3.05) is 17.2 Å². The van der Waals surface area contributed by atoms with Crippen LogP contribution in [0, 0.1) is 5.41 Å². The largest absolute Gasteiger partial charge is 0.370 e. The van der Waals surface area contributed by atoms with Gasteiger partial charge in [0.05, 0.1) is 0 Å². The Labute approximate surface area is 83.5 Å². The highest BCUT2D eigenvalue weighted by Crippen LogP contribution is 2.11. The Balaban J connectivity index is 2.82. The Morgan fingerprint density at radius 2 is 2.00 bits per heavy atom. The number of hydrogen-bond acceptors (Lipinski definition) is 2. The van der Waals surface area contributed by atoms with Crippen molar-refractivity contribution in [2.45, 2.75) is 0 Å². The van der Waals surface area contributed by atoms with Crippen LogP contribution in [0.1, 0.15) is 0 Å². The molecule has 0 fully saturated rings. The number of anilines is 1. The SMILES string of the molecule is N=C(N)N(CCS)c1ccccc1. The number of guanidine groups is 1. The van der Waals surface area contributed by atoms with E-state index in [1.807, 2.05) is 30.3 Å². The van der Waals surface area contributed by atoms with Gasteiger partial charge in [-0.3, -0.25) is 5.41 Å². The molecule has 0 atom stereocenters. The first-order valence-corrected chi connectivity index (χ1v) is 4.66. The molecule has 3 nitrogen and oxygen atoms in total. The quantitative estimate of drug-likeness (QED) is 0.387. The average Bonchev–Trinajstić information content (AvgIpc) is 2.15. The Kier molecular flexibility index (Phi) is 3.64. The van der Waals surface area contributed by atoms with E-state index in [9.17, 15) is 0 Å². The maximum Gasteiger partial charge on any atom is 0.192 e. The zero-order valence-corrected chi connectivity index (χ0v) is 8.17. The molecule has 0 saturated heterocycles. The summed E-state index contributed by atoms with van der Waals surface area (Å²) in [6.07, 6.45) is 0. The summed E-state index contributed by atoms with van der Waals surface area (Å²) in [5.74, 6) is 0.731. The topological polar surface area (TPSA) is 53.1 Å². The van der Waals surface area contributed by atoms with Crippen molar-refractivity contribution < 1.29 is 0 Å². The molecule has 0 aliphatic heterocycles. The van der Waals surface area contributed by atoms with Crippen molar-refractivity contribution >= 4 is 24.3 Å². The van der Waals surface area contributed by atoms with Gasteiger partial charge in [0.15, 0.2) is 5.96 Å². The van der Waals surface area contributed by atoms with Gasteiger partial charge in [-0.15, -0.1) is 0 Å². The molecule has 0 spiro atoms. The number of nitrogens with two attached hydrogens (primary N) is 1. The van der Waals surface area contributed by atoms with Gasteiger partial charge in [-0.25, -0.2) is 0 Å². The second kappa shape index (κ2) is 4.77. The molecule has 0 aliphatic rings. The predicted molar refractivity (Wildman–Crippen MR) is 59.6 cm³/mol. The summed E-state index contributed by atoms with van der Waals surface area (Å²) in [6, 6.07) is 9.62. The number of benzene rings is 1. The molecule has 0 bridgehead atoms. The minimum atomic E-state index is 0.0558.